The van der Waals surface area contributed by atoms with Gasteiger partial charge in [0.15, 0.2) is 0 Å². The van der Waals surface area contributed by atoms with Crippen molar-refractivity contribution < 1.29 is 9.18 Å². The summed E-state index contributed by atoms with van der Waals surface area (Å²) in [5, 5.41) is 11.9. The van der Waals surface area contributed by atoms with Crippen LogP contribution >= 0.6 is 11.3 Å². The lowest BCUT2D eigenvalue weighted by molar-refractivity contribution is 0.0742. The highest BCUT2D eigenvalue weighted by molar-refractivity contribution is 7.13. The molecule has 3 heterocycles. The van der Waals surface area contributed by atoms with E-state index in [1.54, 1.807) is 16.2 Å². The van der Waals surface area contributed by atoms with E-state index in [4.69, 9.17) is 5.26 Å². The Bertz CT molecular complexity index is 1100. The molecule has 152 valence electrons. The Hall–Kier alpha value is -3.31. The second-order valence-electron chi connectivity index (χ2n) is 6.99. The molecule has 1 aliphatic heterocycles. The Balaban J connectivity index is 1.39. The van der Waals surface area contributed by atoms with Crippen LogP contribution in [0.3, 0.4) is 0 Å². The van der Waals surface area contributed by atoms with Crippen LogP contribution in [0.5, 0.6) is 0 Å². The molecule has 3 aromatic rings. The number of hydrogen-bond donors (Lipinski definition) is 0. The third kappa shape index (κ3) is 4.02. The molecule has 4 rings (SSSR count). The standard InChI is InChI=1S/C22H20FN5OS/c1-2-17-14-30-21(26-17)16-4-6-20(25-13-16)27-7-9-28(10-8-27)22(29)18-5-3-15(12-24)11-19(18)23/h3-6,11,13-14H,2,7-10H2,1H3. The smallest absolute Gasteiger partial charge is 0.256 e. The summed E-state index contributed by atoms with van der Waals surface area (Å²) in [5.74, 6) is -0.162. The van der Waals surface area contributed by atoms with E-state index in [-0.39, 0.29) is 17.0 Å². The molecular formula is C22H20FN5OS. The lowest BCUT2D eigenvalue weighted by atomic mass is 10.1. The van der Waals surface area contributed by atoms with E-state index in [2.05, 4.69) is 27.2 Å². The third-order valence-electron chi connectivity index (χ3n) is 5.13. The van der Waals surface area contributed by atoms with Gasteiger partial charge in [0.1, 0.15) is 16.6 Å². The van der Waals surface area contributed by atoms with Gasteiger partial charge in [0.25, 0.3) is 5.91 Å². The van der Waals surface area contributed by atoms with Crippen molar-refractivity contribution in [3.05, 3.63) is 64.5 Å². The van der Waals surface area contributed by atoms with Crippen LogP contribution in [0.1, 0.15) is 28.5 Å². The summed E-state index contributed by atoms with van der Waals surface area (Å²) >= 11 is 1.62. The van der Waals surface area contributed by atoms with Gasteiger partial charge in [-0.3, -0.25) is 4.79 Å². The van der Waals surface area contributed by atoms with Crippen LogP contribution in [0.2, 0.25) is 0 Å². The van der Waals surface area contributed by atoms with Crippen molar-refractivity contribution >= 4 is 23.1 Å². The molecule has 1 amide bonds. The second kappa shape index (κ2) is 8.59. The lowest BCUT2D eigenvalue weighted by Gasteiger charge is -2.35. The number of nitriles is 1. The molecule has 8 heteroatoms. The van der Waals surface area contributed by atoms with Crippen LogP contribution in [0.25, 0.3) is 10.6 Å². The van der Waals surface area contributed by atoms with Crippen LogP contribution in [-0.4, -0.2) is 47.0 Å². The molecule has 6 nitrogen and oxygen atoms in total. The van der Waals surface area contributed by atoms with Crippen LogP contribution in [0, 0.1) is 17.1 Å². The number of hydrogen-bond acceptors (Lipinski definition) is 6. The molecule has 1 saturated heterocycles. The minimum Gasteiger partial charge on any atom is -0.353 e. The molecule has 0 bridgehead atoms. The number of aryl methyl sites for hydroxylation is 1. The van der Waals surface area contributed by atoms with Gasteiger partial charge in [0.05, 0.1) is 22.9 Å². The van der Waals surface area contributed by atoms with Gasteiger partial charge in [-0.15, -0.1) is 11.3 Å². The summed E-state index contributed by atoms with van der Waals surface area (Å²) in [7, 11) is 0. The number of benzene rings is 1. The maximum absolute atomic E-state index is 14.2. The Kier molecular flexibility index (Phi) is 5.72. The highest BCUT2D eigenvalue weighted by Crippen LogP contribution is 2.25. The number of pyridine rings is 1. The van der Waals surface area contributed by atoms with Gasteiger partial charge in [-0.05, 0) is 36.8 Å². The van der Waals surface area contributed by atoms with Gasteiger partial charge >= 0.3 is 0 Å². The van der Waals surface area contributed by atoms with Gasteiger partial charge in [-0.25, -0.2) is 14.4 Å². The molecule has 1 aliphatic rings. The minimum absolute atomic E-state index is 0.000163. The fourth-order valence-corrected chi connectivity index (χ4v) is 4.26. The lowest BCUT2D eigenvalue weighted by Crippen LogP contribution is -2.49. The number of amides is 1. The largest absolute Gasteiger partial charge is 0.353 e. The number of carbonyl (C=O) groups excluding carboxylic acids is 1. The van der Waals surface area contributed by atoms with Crippen molar-refractivity contribution in [2.75, 3.05) is 31.1 Å². The fourth-order valence-electron chi connectivity index (χ4n) is 3.37. The summed E-state index contributed by atoms with van der Waals surface area (Å²) < 4.78 is 14.2. The monoisotopic (exact) mass is 421 g/mol. The highest BCUT2D eigenvalue weighted by Gasteiger charge is 2.25. The van der Waals surface area contributed by atoms with E-state index < -0.39 is 5.82 Å². The number of thiazole rings is 1. The first-order valence-electron chi connectivity index (χ1n) is 9.73. The number of halogens is 1. The molecule has 0 atom stereocenters. The van der Waals surface area contributed by atoms with Crippen LogP contribution in [-0.2, 0) is 6.42 Å². The van der Waals surface area contributed by atoms with Crippen molar-refractivity contribution in [2.24, 2.45) is 0 Å². The van der Waals surface area contributed by atoms with Crippen molar-refractivity contribution in [1.82, 2.24) is 14.9 Å². The molecule has 30 heavy (non-hydrogen) atoms. The first kappa shape index (κ1) is 20.0. The maximum atomic E-state index is 14.2. The predicted octanol–water partition coefficient (Wildman–Crippen LogP) is 3.74. The molecule has 0 radical (unpaired) electrons. The fraction of sp³-hybridized carbons (Fsp3) is 0.273. The first-order valence-corrected chi connectivity index (χ1v) is 10.6. The van der Waals surface area contributed by atoms with E-state index >= 15 is 0 Å². The second-order valence-corrected chi connectivity index (χ2v) is 7.85. The molecule has 2 aromatic heterocycles. The normalized spacial score (nSPS) is 13.9. The molecule has 0 unspecified atom stereocenters. The van der Waals surface area contributed by atoms with E-state index in [0.29, 0.717) is 26.2 Å². The molecule has 0 N–H and O–H groups in total. The number of nitrogens with zero attached hydrogens (tertiary/aromatic N) is 5. The minimum atomic E-state index is -0.660. The molecule has 1 aromatic carbocycles. The van der Waals surface area contributed by atoms with E-state index in [0.717, 1.165) is 34.6 Å². The van der Waals surface area contributed by atoms with Gasteiger partial charge in [0.2, 0.25) is 0 Å². The summed E-state index contributed by atoms with van der Waals surface area (Å²) in [5.41, 5.74) is 2.28. The Morgan fingerprint density at radius 3 is 2.63 bits per heavy atom. The van der Waals surface area contributed by atoms with E-state index in [1.807, 2.05) is 24.4 Å². The zero-order valence-corrected chi connectivity index (χ0v) is 17.3. The molecule has 0 saturated carbocycles. The van der Waals surface area contributed by atoms with Crippen molar-refractivity contribution in [3.63, 3.8) is 0 Å². The predicted molar refractivity (Wildman–Crippen MR) is 114 cm³/mol. The van der Waals surface area contributed by atoms with Crippen LogP contribution < -0.4 is 4.90 Å². The average molecular weight is 422 g/mol. The zero-order valence-electron chi connectivity index (χ0n) is 16.5. The Morgan fingerprint density at radius 2 is 2.03 bits per heavy atom. The van der Waals surface area contributed by atoms with Gasteiger partial charge in [-0.2, -0.15) is 5.26 Å². The quantitative estimate of drug-likeness (QED) is 0.642. The molecular weight excluding hydrogens is 401 g/mol. The summed E-state index contributed by atoms with van der Waals surface area (Å²) in [4.78, 5) is 25.6. The molecule has 0 aliphatic carbocycles. The maximum Gasteiger partial charge on any atom is 0.256 e. The summed E-state index contributed by atoms with van der Waals surface area (Å²) in [6.07, 6.45) is 2.74. The topological polar surface area (TPSA) is 73.1 Å². The van der Waals surface area contributed by atoms with Gasteiger partial charge in [-0.1, -0.05) is 6.92 Å². The third-order valence-corrected chi connectivity index (χ3v) is 6.07. The summed E-state index contributed by atoms with van der Waals surface area (Å²) in [6.45, 7) is 4.28. The number of rotatable bonds is 4. The van der Waals surface area contributed by atoms with Crippen LogP contribution in [0.15, 0.2) is 41.9 Å². The summed E-state index contributed by atoms with van der Waals surface area (Å²) in [6, 6.07) is 9.81. The van der Waals surface area contributed by atoms with Crippen molar-refractivity contribution in [3.8, 4) is 16.6 Å². The zero-order chi connectivity index (χ0) is 21.1. The van der Waals surface area contributed by atoms with Gasteiger partial charge < -0.3 is 9.80 Å². The Morgan fingerprint density at radius 1 is 1.23 bits per heavy atom. The SMILES string of the molecule is CCc1csc(-c2ccc(N3CCN(C(=O)c4ccc(C#N)cc4F)CC3)nc2)n1. The molecule has 0 spiro atoms. The first-order chi connectivity index (χ1) is 14.6. The Labute approximate surface area is 178 Å². The van der Waals surface area contributed by atoms with Gasteiger partial charge in [0, 0.05) is 43.3 Å². The van der Waals surface area contributed by atoms with Crippen LogP contribution in [0.4, 0.5) is 10.2 Å². The number of piperazine rings is 1. The number of anilines is 1. The number of aromatic nitrogens is 2. The number of carbonyl (C=O) groups is 1. The van der Waals surface area contributed by atoms with E-state index in [1.165, 1.54) is 12.1 Å². The average Bonchev–Trinajstić information content (AvgIpc) is 3.28. The van der Waals surface area contributed by atoms with Crippen molar-refractivity contribution in [2.45, 2.75) is 13.3 Å². The van der Waals surface area contributed by atoms with E-state index in [9.17, 15) is 9.18 Å². The highest BCUT2D eigenvalue weighted by atomic mass is 32.1. The van der Waals surface area contributed by atoms with Crippen molar-refractivity contribution in [1.29, 1.82) is 5.26 Å². The molecule has 1 fully saturated rings.